The third kappa shape index (κ3) is 3.20. The average molecular weight is 274 g/mol. The first kappa shape index (κ1) is 15.4. The van der Waals surface area contributed by atoms with Crippen LogP contribution < -0.4 is 11.3 Å². The molecule has 0 saturated carbocycles. The lowest BCUT2D eigenvalue weighted by Gasteiger charge is -2.40. The third-order valence-electron chi connectivity index (χ3n) is 3.66. The summed E-state index contributed by atoms with van der Waals surface area (Å²) in [5, 5.41) is 0.173. The highest BCUT2D eigenvalue weighted by atomic mass is 35.5. The Morgan fingerprint density at radius 1 is 1.44 bits per heavy atom. The minimum atomic E-state index is -0.396. The van der Waals surface area contributed by atoms with Crippen LogP contribution in [-0.2, 0) is 6.42 Å². The molecule has 0 radical (unpaired) electrons. The Kier molecular flexibility index (Phi) is 5.10. The topological polar surface area (TPSA) is 41.3 Å². The summed E-state index contributed by atoms with van der Waals surface area (Å²) in [6.45, 7) is 4.15. The van der Waals surface area contributed by atoms with Crippen LogP contribution in [0.15, 0.2) is 18.2 Å². The van der Waals surface area contributed by atoms with Gasteiger partial charge in [-0.3, -0.25) is 11.3 Å². The first-order valence-electron chi connectivity index (χ1n) is 5.87. The van der Waals surface area contributed by atoms with E-state index < -0.39 is 5.82 Å². The molecular weight excluding hydrogens is 253 g/mol. The van der Waals surface area contributed by atoms with Crippen LogP contribution >= 0.6 is 11.6 Å². The summed E-state index contributed by atoms with van der Waals surface area (Å²) in [7, 11) is 3.97. The molecule has 0 aliphatic carbocycles. The Bertz CT molecular complexity index is 407. The maximum atomic E-state index is 13.4. The lowest BCUT2D eigenvalue weighted by Crippen LogP contribution is -2.58. The summed E-state index contributed by atoms with van der Waals surface area (Å²) in [5.41, 5.74) is 3.38. The number of nitrogens with zero attached hydrogens (tertiary/aromatic N) is 1. The van der Waals surface area contributed by atoms with Crippen molar-refractivity contribution in [2.24, 2.45) is 5.84 Å². The molecule has 102 valence electrons. The van der Waals surface area contributed by atoms with Gasteiger partial charge in [0.25, 0.3) is 0 Å². The van der Waals surface area contributed by atoms with Crippen molar-refractivity contribution in [2.75, 3.05) is 14.1 Å². The van der Waals surface area contributed by atoms with Crippen LogP contribution in [-0.4, -0.2) is 30.6 Å². The fourth-order valence-electron chi connectivity index (χ4n) is 1.75. The normalized spacial score (nSPS) is 14.0. The summed E-state index contributed by atoms with van der Waals surface area (Å²) >= 11 is 5.97. The molecule has 3 nitrogen and oxygen atoms in total. The molecule has 1 aromatic rings. The van der Waals surface area contributed by atoms with E-state index in [-0.39, 0.29) is 16.6 Å². The molecule has 0 spiro atoms. The average Bonchev–Trinajstić information content (AvgIpc) is 2.30. The van der Waals surface area contributed by atoms with Gasteiger partial charge in [0, 0.05) is 11.6 Å². The minimum absolute atomic E-state index is 0.0354. The number of hydrogen-bond donors (Lipinski definition) is 2. The molecule has 0 aromatic heterocycles. The van der Waals surface area contributed by atoms with Crippen molar-refractivity contribution in [3.8, 4) is 0 Å². The van der Waals surface area contributed by atoms with Gasteiger partial charge in [-0.05, 0) is 46.0 Å². The van der Waals surface area contributed by atoms with Gasteiger partial charge in [-0.25, -0.2) is 4.39 Å². The zero-order valence-corrected chi connectivity index (χ0v) is 12.1. The predicted molar refractivity (Wildman–Crippen MR) is 74.0 cm³/mol. The summed E-state index contributed by atoms with van der Waals surface area (Å²) in [5.74, 6) is 5.22. The highest BCUT2D eigenvalue weighted by Crippen LogP contribution is 2.25. The fourth-order valence-corrected chi connectivity index (χ4v) is 1.95. The Morgan fingerprint density at radius 3 is 2.56 bits per heavy atom. The molecule has 0 aliphatic rings. The molecular formula is C13H21ClFN3. The minimum Gasteiger partial charge on any atom is -0.303 e. The molecule has 1 unspecified atom stereocenters. The van der Waals surface area contributed by atoms with Crippen molar-refractivity contribution < 1.29 is 4.39 Å². The largest absolute Gasteiger partial charge is 0.303 e. The molecule has 18 heavy (non-hydrogen) atoms. The van der Waals surface area contributed by atoms with E-state index in [1.54, 1.807) is 6.07 Å². The SMILES string of the molecule is CN(C)C(C)(C)C(Cc1cccc(F)c1Cl)NN. The smallest absolute Gasteiger partial charge is 0.142 e. The van der Waals surface area contributed by atoms with Crippen molar-refractivity contribution >= 4 is 11.6 Å². The van der Waals surface area contributed by atoms with Crippen LogP contribution in [0.2, 0.25) is 5.02 Å². The van der Waals surface area contributed by atoms with Crippen molar-refractivity contribution in [2.45, 2.75) is 31.8 Å². The van der Waals surface area contributed by atoms with Gasteiger partial charge in [0.05, 0.1) is 5.02 Å². The zero-order chi connectivity index (χ0) is 13.9. The van der Waals surface area contributed by atoms with Crippen molar-refractivity contribution in [3.05, 3.63) is 34.6 Å². The Balaban J connectivity index is 2.97. The van der Waals surface area contributed by atoms with Crippen molar-refractivity contribution in [1.82, 2.24) is 10.3 Å². The first-order valence-corrected chi connectivity index (χ1v) is 6.25. The van der Waals surface area contributed by atoms with E-state index in [1.807, 2.05) is 20.2 Å². The number of rotatable bonds is 5. The number of benzene rings is 1. The van der Waals surface area contributed by atoms with Crippen LogP contribution in [0.5, 0.6) is 0 Å². The van der Waals surface area contributed by atoms with E-state index in [0.29, 0.717) is 6.42 Å². The van der Waals surface area contributed by atoms with Crippen molar-refractivity contribution in [3.63, 3.8) is 0 Å². The van der Waals surface area contributed by atoms with Crippen LogP contribution in [0, 0.1) is 5.82 Å². The molecule has 3 N–H and O–H groups in total. The van der Waals surface area contributed by atoms with E-state index in [2.05, 4.69) is 24.2 Å². The Labute approximate surface area is 113 Å². The van der Waals surface area contributed by atoms with Crippen LogP contribution in [0.25, 0.3) is 0 Å². The van der Waals surface area contributed by atoms with Gasteiger partial charge in [0.1, 0.15) is 5.82 Å². The van der Waals surface area contributed by atoms with Gasteiger partial charge in [0.15, 0.2) is 0 Å². The summed E-state index contributed by atoms with van der Waals surface area (Å²) in [4.78, 5) is 2.07. The highest BCUT2D eigenvalue weighted by molar-refractivity contribution is 6.31. The van der Waals surface area contributed by atoms with Crippen LogP contribution in [0.4, 0.5) is 4.39 Å². The van der Waals surface area contributed by atoms with Gasteiger partial charge in [-0.2, -0.15) is 0 Å². The summed E-state index contributed by atoms with van der Waals surface area (Å²) < 4.78 is 13.4. The number of nitrogens with one attached hydrogen (secondary N) is 1. The second kappa shape index (κ2) is 5.97. The molecule has 0 amide bonds. The maximum Gasteiger partial charge on any atom is 0.142 e. The molecule has 0 saturated heterocycles. The number of likely N-dealkylation sites (N-methyl/N-ethyl adjacent to an activating group) is 1. The van der Waals surface area contributed by atoms with E-state index in [0.717, 1.165) is 5.56 Å². The highest BCUT2D eigenvalue weighted by Gasteiger charge is 2.31. The standard InChI is InChI=1S/C13H21ClFN3/c1-13(2,18(3)4)11(17-16)8-9-6-5-7-10(15)12(9)14/h5-7,11,17H,8,16H2,1-4H3. The molecule has 0 bridgehead atoms. The first-order chi connectivity index (χ1) is 8.30. The number of halogens is 2. The van der Waals surface area contributed by atoms with E-state index in [9.17, 15) is 4.39 Å². The second-order valence-corrected chi connectivity index (χ2v) is 5.56. The lowest BCUT2D eigenvalue weighted by atomic mass is 9.88. The monoisotopic (exact) mass is 273 g/mol. The number of hydrogen-bond acceptors (Lipinski definition) is 3. The van der Waals surface area contributed by atoms with Crippen LogP contribution in [0.1, 0.15) is 19.4 Å². The predicted octanol–water partition coefficient (Wildman–Crippen LogP) is 2.19. The number of nitrogens with two attached hydrogens (primary N) is 1. The maximum absolute atomic E-state index is 13.4. The van der Waals surface area contributed by atoms with Gasteiger partial charge in [0.2, 0.25) is 0 Å². The van der Waals surface area contributed by atoms with Crippen LogP contribution in [0.3, 0.4) is 0 Å². The van der Waals surface area contributed by atoms with Gasteiger partial charge in [-0.15, -0.1) is 0 Å². The molecule has 1 atom stereocenters. The summed E-state index contributed by atoms with van der Waals surface area (Å²) in [6.07, 6.45) is 0.568. The van der Waals surface area contributed by atoms with Crippen molar-refractivity contribution in [1.29, 1.82) is 0 Å². The van der Waals surface area contributed by atoms with Gasteiger partial charge >= 0.3 is 0 Å². The van der Waals surface area contributed by atoms with E-state index in [1.165, 1.54) is 6.07 Å². The molecule has 1 aromatic carbocycles. The molecule has 5 heteroatoms. The van der Waals surface area contributed by atoms with E-state index >= 15 is 0 Å². The molecule has 0 aliphatic heterocycles. The lowest BCUT2D eigenvalue weighted by molar-refractivity contribution is 0.137. The zero-order valence-electron chi connectivity index (χ0n) is 11.3. The number of hydrazine groups is 1. The Morgan fingerprint density at radius 2 is 2.06 bits per heavy atom. The third-order valence-corrected chi connectivity index (χ3v) is 4.09. The quantitative estimate of drug-likeness (QED) is 0.638. The molecule has 0 heterocycles. The van der Waals surface area contributed by atoms with E-state index in [4.69, 9.17) is 17.4 Å². The Hall–Kier alpha value is -0.680. The van der Waals surface area contributed by atoms with Gasteiger partial charge < -0.3 is 4.90 Å². The fraction of sp³-hybridized carbons (Fsp3) is 0.538. The second-order valence-electron chi connectivity index (χ2n) is 5.18. The summed E-state index contributed by atoms with van der Waals surface area (Å²) in [6, 6.07) is 4.80. The molecule has 1 rings (SSSR count). The molecule has 0 fully saturated rings. The van der Waals surface area contributed by atoms with Gasteiger partial charge in [-0.1, -0.05) is 23.7 Å².